The second-order valence-electron chi connectivity index (χ2n) is 4.50. The van der Waals surface area contributed by atoms with Crippen molar-refractivity contribution in [1.82, 2.24) is 5.32 Å². The smallest absolute Gasteiger partial charge is 0.323 e. The van der Waals surface area contributed by atoms with Crippen molar-refractivity contribution in [3.05, 3.63) is 0 Å². The molecule has 0 aromatic carbocycles. The Labute approximate surface area is 97.4 Å². The molecule has 0 radical (unpaired) electrons. The van der Waals surface area contributed by atoms with E-state index < -0.39 is 0 Å². The van der Waals surface area contributed by atoms with Crippen molar-refractivity contribution in [2.24, 2.45) is 0 Å². The maximum Gasteiger partial charge on any atom is 0.323 e. The second kappa shape index (κ2) is 6.21. The molecule has 0 spiro atoms. The molecule has 4 heteroatoms. The molecule has 1 rings (SSSR count). The Hall–Kier alpha value is -0.610. The maximum absolute atomic E-state index is 11.7. The first-order valence-corrected chi connectivity index (χ1v) is 6.22. The summed E-state index contributed by atoms with van der Waals surface area (Å²) in [5, 5.41) is 12.7. The van der Waals surface area contributed by atoms with E-state index in [4.69, 9.17) is 4.74 Å². The lowest BCUT2D eigenvalue weighted by molar-refractivity contribution is -0.146. The lowest BCUT2D eigenvalue weighted by atomic mass is 9.97. The van der Waals surface area contributed by atoms with Crippen molar-refractivity contribution < 1.29 is 14.6 Å². The van der Waals surface area contributed by atoms with Gasteiger partial charge in [-0.3, -0.25) is 10.1 Å². The van der Waals surface area contributed by atoms with Crippen molar-refractivity contribution in [3.8, 4) is 0 Å². The lowest BCUT2D eigenvalue weighted by Gasteiger charge is -2.32. The average molecular weight is 229 g/mol. The molecule has 94 valence electrons. The van der Waals surface area contributed by atoms with Gasteiger partial charge in [-0.15, -0.1) is 0 Å². The Kier molecular flexibility index (Phi) is 5.22. The first-order chi connectivity index (χ1) is 7.67. The van der Waals surface area contributed by atoms with Gasteiger partial charge in [0.1, 0.15) is 6.04 Å². The van der Waals surface area contributed by atoms with E-state index in [1.807, 2.05) is 13.8 Å². The van der Waals surface area contributed by atoms with Gasteiger partial charge in [-0.2, -0.15) is 0 Å². The van der Waals surface area contributed by atoms with E-state index in [-0.39, 0.29) is 24.2 Å². The minimum absolute atomic E-state index is 0.100. The third-order valence-electron chi connectivity index (χ3n) is 3.32. The van der Waals surface area contributed by atoms with Gasteiger partial charge in [0.2, 0.25) is 0 Å². The Morgan fingerprint density at radius 3 is 2.50 bits per heavy atom. The van der Waals surface area contributed by atoms with Gasteiger partial charge in [-0.05, 0) is 26.2 Å². The summed E-state index contributed by atoms with van der Waals surface area (Å²) in [6.45, 7) is 4.27. The van der Waals surface area contributed by atoms with Crippen LogP contribution < -0.4 is 5.32 Å². The molecule has 1 fully saturated rings. The predicted molar refractivity (Wildman–Crippen MR) is 62.1 cm³/mol. The highest BCUT2D eigenvalue weighted by atomic mass is 16.5. The van der Waals surface area contributed by atoms with E-state index in [1.165, 1.54) is 0 Å². The first-order valence-electron chi connectivity index (χ1n) is 6.22. The van der Waals surface area contributed by atoms with Gasteiger partial charge in [0, 0.05) is 5.54 Å². The SMILES string of the molecule is CCOC(=O)C(CC)NC1(CO)CCCC1. The Morgan fingerprint density at radius 2 is 2.06 bits per heavy atom. The van der Waals surface area contributed by atoms with Crippen LogP contribution in [-0.2, 0) is 9.53 Å². The quantitative estimate of drug-likeness (QED) is 0.672. The zero-order valence-corrected chi connectivity index (χ0v) is 10.3. The van der Waals surface area contributed by atoms with E-state index in [9.17, 15) is 9.90 Å². The monoisotopic (exact) mass is 229 g/mol. The Morgan fingerprint density at radius 1 is 1.44 bits per heavy atom. The summed E-state index contributed by atoms with van der Waals surface area (Å²) in [7, 11) is 0. The normalized spacial score (nSPS) is 20.7. The molecule has 2 N–H and O–H groups in total. The van der Waals surface area contributed by atoms with Crippen molar-refractivity contribution >= 4 is 5.97 Å². The standard InChI is InChI=1S/C12H23NO3/c1-3-10(11(15)16-4-2)13-12(9-14)7-5-6-8-12/h10,13-14H,3-9H2,1-2H3. The second-order valence-corrected chi connectivity index (χ2v) is 4.50. The molecular formula is C12H23NO3. The highest BCUT2D eigenvalue weighted by Crippen LogP contribution is 2.29. The van der Waals surface area contributed by atoms with Crippen molar-refractivity contribution in [3.63, 3.8) is 0 Å². The molecule has 0 saturated heterocycles. The van der Waals surface area contributed by atoms with Gasteiger partial charge in [-0.1, -0.05) is 19.8 Å². The van der Waals surface area contributed by atoms with Crippen LogP contribution in [-0.4, -0.2) is 35.9 Å². The average Bonchev–Trinajstić information content (AvgIpc) is 2.75. The van der Waals surface area contributed by atoms with Crippen LogP contribution in [0.15, 0.2) is 0 Å². The van der Waals surface area contributed by atoms with E-state index in [0.717, 1.165) is 25.7 Å². The van der Waals surface area contributed by atoms with Crippen molar-refractivity contribution in [2.45, 2.75) is 57.5 Å². The molecule has 1 unspecified atom stereocenters. The fourth-order valence-corrected chi connectivity index (χ4v) is 2.34. The number of hydrogen-bond donors (Lipinski definition) is 2. The van der Waals surface area contributed by atoms with Crippen molar-refractivity contribution in [1.29, 1.82) is 0 Å². The van der Waals surface area contributed by atoms with Gasteiger partial charge in [0.25, 0.3) is 0 Å². The third kappa shape index (κ3) is 3.19. The van der Waals surface area contributed by atoms with E-state index >= 15 is 0 Å². The van der Waals surface area contributed by atoms with Gasteiger partial charge < -0.3 is 9.84 Å². The number of esters is 1. The predicted octanol–water partition coefficient (Wildman–Crippen LogP) is 1.22. The van der Waals surface area contributed by atoms with Crippen LogP contribution in [0.4, 0.5) is 0 Å². The van der Waals surface area contributed by atoms with Gasteiger partial charge >= 0.3 is 5.97 Å². The summed E-state index contributed by atoms with van der Waals surface area (Å²) in [6, 6.07) is -0.287. The van der Waals surface area contributed by atoms with E-state index in [1.54, 1.807) is 0 Å². The number of hydrogen-bond acceptors (Lipinski definition) is 4. The molecule has 16 heavy (non-hydrogen) atoms. The fraction of sp³-hybridized carbons (Fsp3) is 0.917. The van der Waals surface area contributed by atoms with Gasteiger partial charge in [-0.25, -0.2) is 0 Å². The molecule has 0 bridgehead atoms. The molecule has 0 aromatic heterocycles. The fourth-order valence-electron chi connectivity index (χ4n) is 2.34. The number of nitrogens with one attached hydrogen (secondary N) is 1. The van der Waals surface area contributed by atoms with E-state index in [2.05, 4.69) is 5.32 Å². The zero-order chi connectivity index (χ0) is 12.0. The Balaban J connectivity index is 2.57. The summed E-state index contributed by atoms with van der Waals surface area (Å²) >= 11 is 0. The van der Waals surface area contributed by atoms with Crippen LogP contribution in [0.3, 0.4) is 0 Å². The highest BCUT2D eigenvalue weighted by Gasteiger charge is 2.36. The molecule has 4 nitrogen and oxygen atoms in total. The number of rotatable bonds is 6. The molecule has 0 aliphatic heterocycles. The summed E-state index contributed by atoms with van der Waals surface area (Å²) < 4.78 is 5.01. The van der Waals surface area contributed by atoms with Crippen LogP contribution in [0, 0.1) is 0 Å². The summed E-state index contributed by atoms with van der Waals surface area (Å²) in [5.41, 5.74) is -0.257. The summed E-state index contributed by atoms with van der Waals surface area (Å²) in [6.07, 6.45) is 4.82. The molecule has 1 aliphatic carbocycles. The lowest BCUT2D eigenvalue weighted by Crippen LogP contribution is -2.54. The molecule has 1 saturated carbocycles. The van der Waals surface area contributed by atoms with Crippen LogP contribution in [0.2, 0.25) is 0 Å². The molecule has 0 heterocycles. The van der Waals surface area contributed by atoms with Crippen LogP contribution >= 0.6 is 0 Å². The number of carbonyl (C=O) groups is 1. The zero-order valence-electron chi connectivity index (χ0n) is 10.3. The molecule has 1 atom stereocenters. The summed E-state index contributed by atoms with van der Waals surface area (Å²) in [4.78, 5) is 11.7. The maximum atomic E-state index is 11.7. The van der Waals surface area contributed by atoms with E-state index in [0.29, 0.717) is 13.0 Å². The first kappa shape index (κ1) is 13.5. The molecular weight excluding hydrogens is 206 g/mol. The van der Waals surface area contributed by atoms with Gasteiger partial charge in [0.05, 0.1) is 13.2 Å². The minimum Gasteiger partial charge on any atom is -0.465 e. The molecule has 1 aliphatic rings. The van der Waals surface area contributed by atoms with Crippen LogP contribution in [0.25, 0.3) is 0 Å². The third-order valence-corrected chi connectivity index (χ3v) is 3.32. The Bertz CT molecular complexity index is 224. The van der Waals surface area contributed by atoms with Crippen molar-refractivity contribution in [2.75, 3.05) is 13.2 Å². The molecule has 0 amide bonds. The topological polar surface area (TPSA) is 58.6 Å². The minimum atomic E-state index is -0.287. The number of ether oxygens (including phenoxy) is 1. The largest absolute Gasteiger partial charge is 0.465 e. The van der Waals surface area contributed by atoms with Gasteiger partial charge in [0.15, 0.2) is 0 Å². The van der Waals surface area contributed by atoms with Crippen LogP contribution in [0.1, 0.15) is 46.0 Å². The molecule has 0 aromatic rings. The number of aliphatic hydroxyl groups excluding tert-OH is 1. The van der Waals surface area contributed by atoms with Crippen LogP contribution in [0.5, 0.6) is 0 Å². The summed E-state index contributed by atoms with van der Waals surface area (Å²) in [5.74, 6) is -0.204. The highest BCUT2D eigenvalue weighted by molar-refractivity contribution is 5.75. The number of carbonyl (C=O) groups excluding carboxylic acids is 1. The number of aliphatic hydroxyl groups is 1.